The Bertz CT molecular complexity index is 1250. The van der Waals surface area contributed by atoms with Crippen LogP contribution < -0.4 is 15.4 Å². The smallest absolute Gasteiger partial charge is 0.318 e. The second kappa shape index (κ2) is 9.85. The molecule has 2 aromatic rings. The summed E-state index contributed by atoms with van der Waals surface area (Å²) in [5, 5.41) is 10.3. The zero-order valence-electron chi connectivity index (χ0n) is 22.7. The number of aryl methyl sites for hydroxylation is 1. The molecular formula is C30H40FN5O3. The Labute approximate surface area is 229 Å². The number of nitrogens with two attached hydrogens (primary N) is 1. The number of anilines is 2. The van der Waals surface area contributed by atoms with E-state index in [0.29, 0.717) is 45.0 Å². The molecule has 1 aromatic carbocycles. The van der Waals surface area contributed by atoms with Crippen LogP contribution in [0.25, 0.3) is 0 Å². The van der Waals surface area contributed by atoms with Gasteiger partial charge >= 0.3 is 6.01 Å². The van der Waals surface area contributed by atoms with Gasteiger partial charge in [0.15, 0.2) is 0 Å². The highest BCUT2D eigenvalue weighted by Crippen LogP contribution is 2.47. The summed E-state index contributed by atoms with van der Waals surface area (Å²) in [4.78, 5) is 14.5. The summed E-state index contributed by atoms with van der Waals surface area (Å²) in [7, 11) is 0. The Morgan fingerprint density at radius 2 is 2.05 bits per heavy atom. The number of aliphatic hydroxyl groups is 1. The van der Waals surface area contributed by atoms with Crippen molar-refractivity contribution in [2.45, 2.75) is 94.2 Å². The topological polar surface area (TPSA) is 97.0 Å². The summed E-state index contributed by atoms with van der Waals surface area (Å²) >= 11 is 0. The van der Waals surface area contributed by atoms with Crippen LogP contribution in [0.1, 0.15) is 73.8 Å². The van der Waals surface area contributed by atoms with Gasteiger partial charge in [-0.15, -0.1) is 0 Å². The van der Waals surface area contributed by atoms with Gasteiger partial charge in [0.25, 0.3) is 0 Å². The highest BCUT2D eigenvalue weighted by Gasteiger charge is 2.49. The molecule has 3 saturated heterocycles. The number of halogens is 1. The molecule has 39 heavy (non-hydrogen) atoms. The maximum Gasteiger partial charge on any atom is 0.318 e. The number of aliphatic hydroxyl groups excluding tert-OH is 1. The van der Waals surface area contributed by atoms with E-state index < -0.39 is 11.8 Å². The molecule has 5 aliphatic rings. The van der Waals surface area contributed by atoms with E-state index in [-0.39, 0.29) is 11.6 Å². The molecule has 1 unspecified atom stereocenters. The fourth-order valence-corrected chi connectivity index (χ4v) is 7.85. The Morgan fingerprint density at radius 3 is 2.97 bits per heavy atom. The third-order valence-corrected chi connectivity index (χ3v) is 9.88. The van der Waals surface area contributed by atoms with Crippen LogP contribution in [0.4, 0.5) is 15.9 Å². The van der Waals surface area contributed by atoms with Gasteiger partial charge in [-0.3, -0.25) is 4.90 Å². The van der Waals surface area contributed by atoms with E-state index in [9.17, 15) is 9.50 Å². The number of benzene rings is 1. The second-order valence-electron chi connectivity index (χ2n) is 12.4. The van der Waals surface area contributed by atoms with Crippen LogP contribution in [-0.4, -0.2) is 70.6 Å². The van der Waals surface area contributed by atoms with E-state index >= 15 is 0 Å². The predicted octanol–water partition coefficient (Wildman–Crippen LogP) is 3.67. The first-order chi connectivity index (χ1) is 18.9. The molecule has 4 aliphatic heterocycles. The minimum Gasteiger partial charge on any atom is -0.461 e. The van der Waals surface area contributed by atoms with Crippen LogP contribution in [0, 0.1) is 0 Å². The van der Waals surface area contributed by atoms with Gasteiger partial charge in [-0.1, -0.05) is 6.07 Å². The maximum atomic E-state index is 14.4. The van der Waals surface area contributed by atoms with Gasteiger partial charge in [0.2, 0.25) is 0 Å². The highest BCUT2D eigenvalue weighted by molar-refractivity contribution is 5.54. The van der Waals surface area contributed by atoms with E-state index in [1.807, 2.05) is 6.07 Å². The molecule has 210 valence electrons. The lowest BCUT2D eigenvalue weighted by Gasteiger charge is -2.43. The average Bonchev–Trinajstić information content (AvgIpc) is 3.35. The molecular weight excluding hydrogens is 497 g/mol. The zero-order valence-corrected chi connectivity index (χ0v) is 22.7. The van der Waals surface area contributed by atoms with Crippen molar-refractivity contribution >= 4 is 11.5 Å². The molecule has 7 rings (SSSR count). The van der Waals surface area contributed by atoms with Crippen molar-refractivity contribution < 1.29 is 19.0 Å². The van der Waals surface area contributed by atoms with Gasteiger partial charge in [0.05, 0.1) is 29.5 Å². The fourth-order valence-electron chi connectivity index (χ4n) is 7.85. The molecule has 3 N–H and O–H groups in total. The van der Waals surface area contributed by atoms with Crippen molar-refractivity contribution in [1.29, 1.82) is 0 Å². The first-order valence-corrected chi connectivity index (χ1v) is 14.8. The Morgan fingerprint density at radius 1 is 1.13 bits per heavy atom. The van der Waals surface area contributed by atoms with Gasteiger partial charge in [-0.05, 0) is 81.2 Å². The van der Waals surface area contributed by atoms with E-state index in [0.717, 1.165) is 87.3 Å². The molecule has 1 aromatic heterocycles. The van der Waals surface area contributed by atoms with Crippen molar-refractivity contribution in [3.05, 3.63) is 40.6 Å². The summed E-state index contributed by atoms with van der Waals surface area (Å²) in [5.41, 5.74) is 10.7. The lowest BCUT2D eigenvalue weighted by molar-refractivity contribution is -0.0855. The molecule has 0 saturated carbocycles. The SMILES string of the molecule is Nc1ccc2c(c1)[C@]1(CCC2)Cc2nc(OC[C@@]34CCCN3CC(F)C4)nc(N3CCC[C@H](O)CC3)c2CO1. The van der Waals surface area contributed by atoms with Crippen LogP contribution in [0.2, 0.25) is 0 Å². The number of ether oxygens (including phenoxy) is 2. The summed E-state index contributed by atoms with van der Waals surface area (Å²) in [6.07, 6.45) is 7.53. The largest absolute Gasteiger partial charge is 0.461 e. The maximum absolute atomic E-state index is 14.4. The van der Waals surface area contributed by atoms with Gasteiger partial charge in [-0.25, -0.2) is 4.39 Å². The predicted molar refractivity (Wildman–Crippen MR) is 147 cm³/mol. The Balaban J connectivity index is 1.24. The zero-order chi connectivity index (χ0) is 26.6. The van der Waals surface area contributed by atoms with Crippen LogP contribution in [0.5, 0.6) is 6.01 Å². The van der Waals surface area contributed by atoms with Crippen LogP contribution in [-0.2, 0) is 29.8 Å². The number of hydrogen-bond acceptors (Lipinski definition) is 8. The minimum atomic E-state index is -0.798. The molecule has 5 heterocycles. The molecule has 3 fully saturated rings. The summed E-state index contributed by atoms with van der Waals surface area (Å²) in [6.45, 7) is 3.82. The fraction of sp³-hybridized carbons (Fsp3) is 0.667. The molecule has 1 spiro atoms. The van der Waals surface area contributed by atoms with Crippen LogP contribution in [0.3, 0.4) is 0 Å². The lowest BCUT2D eigenvalue weighted by Crippen LogP contribution is -2.44. The average molecular weight is 538 g/mol. The number of fused-ring (bicyclic) bond motifs is 4. The quantitative estimate of drug-likeness (QED) is 0.571. The molecule has 8 nitrogen and oxygen atoms in total. The summed E-state index contributed by atoms with van der Waals surface area (Å²) in [5.74, 6) is 0.859. The Hall–Kier alpha value is -2.49. The van der Waals surface area contributed by atoms with E-state index in [2.05, 4.69) is 21.9 Å². The van der Waals surface area contributed by atoms with Crippen molar-refractivity contribution in [2.75, 3.05) is 43.4 Å². The molecule has 0 bridgehead atoms. The van der Waals surface area contributed by atoms with Gasteiger partial charge in [0.1, 0.15) is 18.6 Å². The number of hydrogen-bond donors (Lipinski definition) is 2. The molecule has 0 radical (unpaired) electrons. The number of nitrogen functional groups attached to an aromatic ring is 1. The van der Waals surface area contributed by atoms with Crippen molar-refractivity contribution in [1.82, 2.24) is 14.9 Å². The lowest BCUT2D eigenvalue weighted by atomic mass is 9.74. The van der Waals surface area contributed by atoms with Crippen molar-refractivity contribution in [3.8, 4) is 6.01 Å². The monoisotopic (exact) mass is 537 g/mol. The Kier molecular flexibility index (Phi) is 6.44. The van der Waals surface area contributed by atoms with Crippen molar-refractivity contribution in [3.63, 3.8) is 0 Å². The van der Waals surface area contributed by atoms with Crippen LogP contribution in [0.15, 0.2) is 18.2 Å². The third kappa shape index (κ3) is 4.56. The number of nitrogens with zero attached hydrogens (tertiary/aromatic N) is 4. The van der Waals surface area contributed by atoms with Gasteiger partial charge in [0, 0.05) is 43.7 Å². The first-order valence-electron chi connectivity index (χ1n) is 14.8. The molecule has 9 heteroatoms. The number of rotatable bonds is 4. The molecule has 4 atom stereocenters. The third-order valence-electron chi connectivity index (χ3n) is 9.88. The van der Waals surface area contributed by atoms with Crippen LogP contribution >= 0.6 is 0 Å². The van der Waals surface area contributed by atoms with E-state index in [4.69, 9.17) is 25.2 Å². The number of aromatic nitrogens is 2. The van der Waals surface area contributed by atoms with E-state index in [1.165, 1.54) is 11.1 Å². The highest BCUT2D eigenvalue weighted by atomic mass is 19.1. The van der Waals surface area contributed by atoms with Gasteiger partial charge < -0.3 is 25.2 Å². The van der Waals surface area contributed by atoms with Crippen molar-refractivity contribution in [2.24, 2.45) is 0 Å². The minimum absolute atomic E-state index is 0.254. The van der Waals surface area contributed by atoms with Gasteiger partial charge in [-0.2, -0.15) is 9.97 Å². The molecule has 1 aliphatic carbocycles. The number of alkyl halides is 1. The van der Waals surface area contributed by atoms with E-state index in [1.54, 1.807) is 0 Å². The summed E-state index contributed by atoms with van der Waals surface area (Å²) < 4.78 is 27.5. The first kappa shape index (κ1) is 25.5. The second-order valence-corrected chi connectivity index (χ2v) is 12.4. The standard InChI is InChI=1S/C30H40FN5O3/c31-21-15-29(9-3-12-36(29)17-21)19-38-28-33-26-16-30(10-1-4-20-6-7-22(32)14-25(20)30)39-18-24(26)27(34-28)35-11-2-5-23(37)8-13-35/h6-7,14,21,23,37H,1-5,8-13,15-19,32H2/t21?,23-,29-,30-/m0/s1. The summed E-state index contributed by atoms with van der Waals surface area (Å²) in [6, 6.07) is 6.57. The molecule has 0 amide bonds. The normalized spacial score (nSPS) is 32.5.